The zero-order valence-corrected chi connectivity index (χ0v) is 15.6. The molecule has 0 radical (unpaired) electrons. The van der Waals surface area contributed by atoms with Gasteiger partial charge in [-0.3, -0.25) is 11.3 Å². The summed E-state index contributed by atoms with van der Waals surface area (Å²) in [6.45, 7) is 0. The van der Waals surface area contributed by atoms with Gasteiger partial charge in [0.1, 0.15) is 0 Å². The third-order valence-electron chi connectivity index (χ3n) is 3.00. The molecule has 0 bridgehead atoms. The van der Waals surface area contributed by atoms with Crippen molar-refractivity contribution < 1.29 is 0 Å². The molecule has 0 aliphatic rings. The number of nitrogens with one attached hydrogen (secondary N) is 1. The lowest BCUT2D eigenvalue weighted by Crippen LogP contribution is -2.30. The number of hydrazine groups is 1. The van der Waals surface area contributed by atoms with E-state index in [1.807, 2.05) is 30.3 Å². The average molecular weight is 486 g/mol. The Kier molecular flexibility index (Phi) is 6.13. The maximum Gasteiger partial charge on any atom is 0.0512 e. The highest BCUT2D eigenvalue weighted by atomic mass is 127. The van der Waals surface area contributed by atoms with Crippen LogP contribution in [0.25, 0.3) is 0 Å². The first-order valence-corrected chi connectivity index (χ1v) is 8.49. The Morgan fingerprint density at radius 2 is 1.85 bits per heavy atom. The van der Waals surface area contributed by atoms with Gasteiger partial charge in [0.2, 0.25) is 0 Å². The van der Waals surface area contributed by atoms with Crippen LogP contribution < -0.4 is 11.3 Å². The smallest absolute Gasteiger partial charge is 0.0512 e. The standard InChI is InChI=1S/C14H12BrCl2IN2/c15-8-4-5-13(18)10(6-8)14(20-19)7-9-11(16)2-1-3-12(9)17/h1-6,14,20H,7,19H2. The van der Waals surface area contributed by atoms with Crippen LogP contribution >= 0.6 is 61.7 Å². The first-order valence-electron chi connectivity index (χ1n) is 5.87. The van der Waals surface area contributed by atoms with E-state index in [1.165, 1.54) is 0 Å². The highest BCUT2D eigenvalue weighted by Crippen LogP contribution is 2.31. The molecule has 3 N–H and O–H groups in total. The van der Waals surface area contributed by atoms with E-state index in [1.54, 1.807) is 0 Å². The van der Waals surface area contributed by atoms with Gasteiger partial charge < -0.3 is 0 Å². The number of hydrogen-bond donors (Lipinski definition) is 2. The fraction of sp³-hybridized carbons (Fsp3) is 0.143. The van der Waals surface area contributed by atoms with Crippen LogP contribution in [-0.2, 0) is 6.42 Å². The Morgan fingerprint density at radius 3 is 2.45 bits per heavy atom. The number of hydrogen-bond acceptors (Lipinski definition) is 2. The van der Waals surface area contributed by atoms with E-state index in [0.29, 0.717) is 16.5 Å². The molecule has 0 spiro atoms. The molecule has 0 aliphatic carbocycles. The second kappa shape index (κ2) is 7.42. The molecule has 0 heterocycles. The maximum atomic E-state index is 6.22. The molecule has 0 fully saturated rings. The zero-order chi connectivity index (χ0) is 14.7. The van der Waals surface area contributed by atoms with Crippen LogP contribution in [0.5, 0.6) is 0 Å². The minimum absolute atomic E-state index is 0.0585. The minimum Gasteiger partial charge on any atom is -0.271 e. The molecule has 20 heavy (non-hydrogen) atoms. The number of rotatable bonds is 4. The van der Waals surface area contributed by atoms with Crippen molar-refractivity contribution in [2.24, 2.45) is 5.84 Å². The van der Waals surface area contributed by atoms with E-state index < -0.39 is 0 Å². The molecular formula is C14H12BrCl2IN2. The van der Waals surface area contributed by atoms with Crippen molar-refractivity contribution in [2.45, 2.75) is 12.5 Å². The normalized spacial score (nSPS) is 12.4. The van der Waals surface area contributed by atoms with Gasteiger partial charge in [0, 0.05) is 18.1 Å². The lowest BCUT2D eigenvalue weighted by molar-refractivity contribution is 0.549. The van der Waals surface area contributed by atoms with Crippen molar-refractivity contribution in [1.29, 1.82) is 0 Å². The van der Waals surface area contributed by atoms with Crippen LogP contribution in [0, 0.1) is 3.57 Å². The molecule has 2 rings (SSSR count). The zero-order valence-electron chi connectivity index (χ0n) is 10.3. The van der Waals surface area contributed by atoms with Gasteiger partial charge in [-0.1, -0.05) is 45.2 Å². The van der Waals surface area contributed by atoms with Crippen molar-refractivity contribution in [1.82, 2.24) is 5.43 Å². The largest absolute Gasteiger partial charge is 0.271 e. The van der Waals surface area contributed by atoms with Gasteiger partial charge >= 0.3 is 0 Å². The molecule has 0 amide bonds. The quantitative estimate of drug-likeness (QED) is 0.359. The van der Waals surface area contributed by atoms with E-state index in [-0.39, 0.29) is 6.04 Å². The second-order valence-corrected chi connectivity index (χ2v) is 7.18. The molecule has 0 aromatic heterocycles. The van der Waals surface area contributed by atoms with Crippen LogP contribution in [0.1, 0.15) is 17.2 Å². The van der Waals surface area contributed by atoms with E-state index in [0.717, 1.165) is 19.2 Å². The molecule has 1 atom stereocenters. The van der Waals surface area contributed by atoms with Gasteiger partial charge in [-0.05, 0) is 70.5 Å². The van der Waals surface area contributed by atoms with Gasteiger partial charge in [0.05, 0.1) is 6.04 Å². The number of nitrogens with two attached hydrogens (primary N) is 1. The lowest BCUT2D eigenvalue weighted by Gasteiger charge is -2.19. The Morgan fingerprint density at radius 1 is 1.20 bits per heavy atom. The molecule has 0 saturated carbocycles. The summed E-state index contributed by atoms with van der Waals surface area (Å²) in [5.41, 5.74) is 4.85. The topological polar surface area (TPSA) is 38.0 Å². The van der Waals surface area contributed by atoms with Gasteiger partial charge in [0.25, 0.3) is 0 Å². The van der Waals surface area contributed by atoms with Crippen molar-refractivity contribution in [3.05, 3.63) is 65.6 Å². The third kappa shape index (κ3) is 3.87. The summed E-state index contributed by atoms with van der Waals surface area (Å²) in [5.74, 6) is 5.72. The molecule has 2 aromatic rings. The van der Waals surface area contributed by atoms with Gasteiger partial charge in [0.15, 0.2) is 0 Å². The SMILES string of the molecule is NNC(Cc1c(Cl)cccc1Cl)c1cc(Br)ccc1I. The monoisotopic (exact) mass is 484 g/mol. The van der Waals surface area contributed by atoms with Crippen LogP contribution in [0.3, 0.4) is 0 Å². The Hall–Kier alpha value is 0.150. The first kappa shape index (κ1) is 16.5. The minimum atomic E-state index is -0.0585. The van der Waals surface area contributed by atoms with Crippen LogP contribution in [0.2, 0.25) is 10.0 Å². The fourth-order valence-electron chi connectivity index (χ4n) is 1.97. The van der Waals surface area contributed by atoms with Crippen molar-refractivity contribution in [3.63, 3.8) is 0 Å². The highest BCUT2D eigenvalue weighted by Gasteiger charge is 2.17. The predicted octanol–water partition coefficient (Wildman–Crippen LogP) is 5.11. The summed E-state index contributed by atoms with van der Waals surface area (Å²) in [5, 5.41) is 1.31. The first-order chi connectivity index (χ1) is 9.52. The average Bonchev–Trinajstić information content (AvgIpc) is 2.42. The third-order valence-corrected chi connectivity index (χ3v) is 5.19. The van der Waals surface area contributed by atoms with Crippen LogP contribution in [-0.4, -0.2) is 0 Å². The summed E-state index contributed by atoms with van der Waals surface area (Å²) in [6.07, 6.45) is 0.626. The summed E-state index contributed by atoms with van der Waals surface area (Å²) in [4.78, 5) is 0. The molecule has 106 valence electrons. The maximum absolute atomic E-state index is 6.22. The Bertz CT molecular complexity index is 602. The Labute approximate surface area is 150 Å². The van der Waals surface area contributed by atoms with Crippen LogP contribution in [0.15, 0.2) is 40.9 Å². The Balaban J connectivity index is 2.36. The van der Waals surface area contributed by atoms with Gasteiger partial charge in [-0.2, -0.15) is 0 Å². The molecule has 6 heteroatoms. The lowest BCUT2D eigenvalue weighted by atomic mass is 9.99. The van der Waals surface area contributed by atoms with E-state index in [2.05, 4.69) is 50.0 Å². The number of benzene rings is 2. The van der Waals surface area contributed by atoms with E-state index in [4.69, 9.17) is 29.0 Å². The van der Waals surface area contributed by atoms with E-state index >= 15 is 0 Å². The summed E-state index contributed by atoms with van der Waals surface area (Å²) < 4.78 is 2.15. The molecule has 0 aliphatic heterocycles. The van der Waals surface area contributed by atoms with Crippen molar-refractivity contribution >= 4 is 61.7 Å². The van der Waals surface area contributed by atoms with Gasteiger partial charge in [-0.15, -0.1) is 0 Å². The molecule has 0 saturated heterocycles. The summed E-state index contributed by atoms with van der Waals surface area (Å²) >= 11 is 18.2. The number of halogens is 4. The van der Waals surface area contributed by atoms with Gasteiger partial charge in [-0.25, -0.2) is 0 Å². The summed E-state index contributed by atoms with van der Waals surface area (Å²) in [7, 11) is 0. The van der Waals surface area contributed by atoms with E-state index in [9.17, 15) is 0 Å². The molecule has 1 unspecified atom stereocenters. The van der Waals surface area contributed by atoms with Crippen molar-refractivity contribution in [2.75, 3.05) is 0 Å². The second-order valence-electron chi connectivity index (χ2n) is 4.29. The fourth-order valence-corrected chi connectivity index (χ4v) is 3.61. The highest BCUT2D eigenvalue weighted by molar-refractivity contribution is 14.1. The summed E-state index contributed by atoms with van der Waals surface area (Å²) in [6, 6.07) is 11.5. The molecule has 2 aromatic carbocycles. The van der Waals surface area contributed by atoms with Crippen LogP contribution in [0.4, 0.5) is 0 Å². The predicted molar refractivity (Wildman–Crippen MR) is 97.1 cm³/mol. The molecule has 2 nitrogen and oxygen atoms in total. The molecular weight excluding hydrogens is 474 g/mol. The van der Waals surface area contributed by atoms with Crippen molar-refractivity contribution in [3.8, 4) is 0 Å².